The lowest BCUT2D eigenvalue weighted by molar-refractivity contribution is -0.203. The van der Waals surface area contributed by atoms with Crippen molar-refractivity contribution in [2.24, 2.45) is 0 Å². The molecule has 15 nitrogen and oxygen atoms in total. The molecular formula is C24H44N4O11. The third kappa shape index (κ3) is 12.4. The Morgan fingerprint density at radius 2 is 1.64 bits per heavy atom. The van der Waals surface area contributed by atoms with Crippen molar-refractivity contribution in [1.82, 2.24) is 21.3 Å². The van der Waals surface area contributed by atoms with Gasteiger partial charge in [-0.3, -0.25) is 14.4 Å². The number of aliphatic hydroxyl groups excluding tert-OH is 4. The first-order valence-electron chi connectivity index (χ1n) is 12.7. The zero-order valence-corrected chi connectivity index (χ0v) is 23.4. The van der Waals surface area contributed by atoms with Crippen molar-refractivity contribution in [2.75, 3.05) is 26.4 Å². The van der Waals surface area contributed by atoms with E-state index in [2.05, 4.69) is 21.3 Å². The second-order valence-corrected chi connectivity index (χ2v) is 10.8. The predicted molar refractivity (Wildman–Crippen MR) is 136 cm³/mol. The first-order valence-corrected chi connectivity index (χ1v) is 12.7. The highest BCUT2D eigenvalue weighted by molar-refractivity contribution is 5.91. The molecule has 0 saturated carbocycles. The van der Waals surface area contributed by atoms with E-state index in [4.69, 9.17) is 19.3 Å². The van der Waals surface area contributed by atoms with Crippen molar-refractivity contribution in [2.45, 2.75) is 102 Å². The zero-order chi connectivity index (χ0) is 30.0. The van der Waals surface area contributed by atoms with Crippen LogP contribution in [0, 0.1) is 0 Å². The van der Waals surface area contributed by atoms with Crippen molar-refractivity contribution in [1.29, 1.82) is 0 Å². The lowest BCUT2D eigenvalue weighted by Crippen LogP contribution is -2.68. The fourth-order valence-electron chi connectivity index (χ4n) is 3.66. The second kappa shape index (κ2) is 15.3. The molecule has 0 bridgehead atoms. The Morgan fingerprint density at radius 3 is 2.18 bits per heavy atom. The van der Waals surface area contributed by atoms with Crippen LogP contribution in [0.5, 0.6) is 0 Å². The molecule has 8 N–H and O–H groups in total. The van der Waals surface area contributed by atoms with Gasteiger partial charge in [-0.05, 0) is 41.0 Å². The van der Waals surface area contributed by atoms with E-state index in [-0.39, 0.29) is 19.8 Å². The smallest absolute Gasteiger partial charge is 0.408 e. The van der Waals surface area contributed by atoms with Gasteiger partial charge < -0.3 is 55.9 Å². The zero-order valence-electron chi connectivity index (χ0n) is 23.4. The maximum Gasteiger partial charge on any atom is 0.408 e. The molecule has 4 amide bonds. The third-order valence-electron chi connectivity index (χ3n) is 5.60. The van der Waals surface area contributed by atoms with Gasteiger partial charge in [0.15, 0.2) is 6.23 Å². The van der Waals surface area contributed by atoms with E-state index in [9.17, 15) is 34.5 Å². The molecule has 0 aromatic heterocycles. The van der Waals surface area contributed by atoms with Crippen molar-refractivity contribution in [3.63, 3.8) is 0 Å². The van der Waals surface area contributed by atoms with E-state index >= 15 is 0 Å². The fraction of sp³-hybridized carbons (Fsp3) is 0.833. The van der Waals surface area contributed by atoms with Gasteiger partial charge in [0.05, 0.1) is 25.2 Å². The maximum absolute atomic E-state index is 12.9. The molecule has 1 saturated heterocycles. The van der Waals surface area contributed by atoms with Crippen LogP contribution in [-0.2, 0) is 28.6 Å². The Morgan fingerprint density at radius 1 is 1.00 bits per heavy atom. The van der Waals surface area contributed by atoms with Gasteiger partial charge in [0, 0.05) is 20.1 Å². The van der Waals surface area contributed by atoms with Crippen molar-refractivity contribution >= 4 is 23.8 Å². The molecule has 1 fully saturated rings. The van der Waals surface area contributed by atoms with Gasteiger partial charge in [-0.2, -0.15) is 0 Å². The standard InChI is InChI=1S/C24H44N4O11/c1-13(31)26-17-19(34)18(33)15(12-30)38-21(17)28-16(32)11-14(27-22(36)39-23(2,3)4)20(35)25-8-10-37-24(5,6)7-9-29/h14-15,17-19,21,29-30,33-34H,7-12H2,1-6H3,(H,25,35)(H,26,31)(H,27,36)(H,28,32)/t14-,15?,17?,18?,19?,21?/m0/s1. The minimum Gasteiger partial charge on any atom is -0.444 e. The third-order valence-corrected chi connectivity index (χ3v) is 5.60. The minimum atomic E-state index is -1.58. The number of nitrogens with one attached hydrogen (secondary N) is 4. The predicted octanol–water partition coefficient (Wildman–Crippen LogP) is -2.38. The van der Waals surface area contributed by atoms with Gasteiger partial charge in [0.25, 0.3) is 0 Å². The van der Waals surface area contributed by atoms with Crippen molar-refractivity contribution < 1.29 is 53.8 Å². The van der Waals surface area contributed by atoms with Crippen LogP contribution in [0.3, 0.4) is 0 Å². The number of carbonyl (C=O) groups is 4. The Labute approximate surface area is 227 Å². The van der Waals surface area contributed by atoms with Crippen LogP contribution in [0.2, 0.25) is 0 Å². The number of amides is 4. The van der Waals surface area contributed by atoms with E-state index in [0.29, 0.717) is 6.42 Å². The second-order valence-electron chi connectivity index (χ2n) is 10.8. The van der Waals surface area contributed by atoms with Crippen LogP contribution in [0.15, 0.2) is 0 Å². The summed E-state index contributed by atoms with van der Waals surface area (Å²) in [6.07, 6.45) is -6.91. The van der Waals surface area contributed by atoms with Crippen LogP contribution in [0.25, 0.3) is 0 Å². The van der Waals surface area contributed by atoms with Crippen molar-refractivity contribution in [3.8, 4) is 0 Å². The summed E-state index contributed by atoms with van der Waals surface area (Å²) in [6, 6.07) is -2.66. The number of carbonyl (C=O) groups excluding carboxylic acids is 4. The van der Waals surface area contributed by atoms with Crippen LogP contribution < -0.4 is 21.3 Å². The summed E-state index contributed by atoms with van der Waals surface area (Å²) < 4.78 is 16.3. The largest absolute Gasteiger partial charge is 0.444 e. The molecule has 0 radical (unpaired) electrons. The highest BCUT2D eigenvalue weighted by atomic mass is 16.6. The Bertz CT molecular complexity index is 833. The van der Waals surface area contributed by atoms with Gasteiger partial charge >= 0.3 is 6.09 Å². The Balaban J connectivity index is 2.94. The monoisotopic (exact) mass is 564 g/mol. The molecule has 1 heterocycles. The molecule has 6 atom stereocenters. The van der Waals surface area contributed by atoms with Gasteiger partial charge in [-0.15, -0.1) is 0 Å². The fourth-order valence-corrected chi connectivity index (χ4v) is 3.66. The molecule has 15 heteroatoms. The molecule has 5 unspecified atom stereocenters. The minimum absolute atomic E-state index is 0.0421. The van der Waals surface area contributed by atoms with E-state index in [1.165, 1.54) is 0 Å². The summed E-state index contributed by atoms with van der Waals surface area (Å²) >= 11 is 0. The number of hydrogen-bond donors (Lipinski definition) is 8. The molecule has 1 rings (SSSR count). The Hall–Kier alpha value is -2.56. The van der Waals surface area contributed by atoms with E-state index in [1.54, 1.807) is 34.6 Å². The average molecular weight is 565 g/mol. The van der Waals surface area contributed by atoms with E-state index in [0.717, 1.165) is 6.92 Å². The molecule has 1 aliphatic heterocycles. The molecule has 1 aliphatic rings. The highest BCUT2D eigenvalue weighted by Crippen LogP contribution is 2.20. The molecule has 0 aliphatic carbocycles. The lowest BCUT2D eigenvalue weighted by Gasteiger charge is -2.42. The van der Waals surface area contributed by atoms with Crippen LogP contribution >= 0.6 is 0 Å². The number of hydrogen-bond acceptors (Lipinski definition) is 11. The van der Waals surface area contributed by atoms with Crippen LogP contribution in [-0.4, -0.2) is 118 Å². The van der Waals surface area contributed by atoms with Gasteiger partial charge in [0.1, 0.15) is 36.0 Å². The normalized spacial score (nSPS) is 24.3. The first kappa shape index (κ1) is 34.5. The van der Waals surface area contributed by atoms with Crippen LogP contribution in [0.4, 0.5) is 4.79 Å². The van der Waals surface area contributed by atoms with E-state index in [1.807, 2.05) is 0 Å². The summed E-state index contributed by atoms with van der Waals surface area (Å²) in [5.74, 6) is -2.11. The first-order chi connectivity index (χ1) is 18.0. The van der Waals surface area contributed by atoms with Gasteiger partial charge in [0.2, 0.25) is 17.7 Å². The molecule has 0 spiro atoms. The number of alkyl carbamates (subject to hydrolysis) is 1. The van der Waals surface area contributed by atoms with Crippen molar-refractivity contribution in [3.05, 3.63) is 0 Å². The quantitative estimate of drug-likeness (QED) is 0.110. The Kier molecular flexibility index (Phi) is 13.5. The SMILES string of the molecule is CC(=O)NC1C(NC(=O)C[C@H](NC(=O)OC(C)(C)C)C(=O)NCCOC(C)(C)CCO)OC(CO)C(O)C1O. The average Bonchev–Trinajstić information content (AvgIpc) is 2.79. The molecule has 226 valence electrons. The highest BCUT2D eigenvalue weighted by Gasteiger charge is 2.45. The molecular weight excluding hydrogens is 520 g/mol. The van der Waals surface area contributed by atoms with Gasteiger partial charge in [-0.25, -0.2) is 4.79 Å². The molecule has 0 aromatic rings. The number of aliphatic hydroxyl groups is 4. The van der Waals surface area contributed by atoms with Gasteiger partial charge in [-0.1, -0.05) is 0 Å². The summed E-state index contributed by atoms with van der Waals surface area (Å²) in [5, 5.41) is 48.8. The molecule has 0 aromatic carbocycles. The topological polar surface area (TPSA) is 225 Å². The molecule has 39 heavy (non-hydrogen) atoms. The maximum atomic E-state index is 12.9. The summed E-state index contributed by atoms with van der Waals surface area (Å²) in [4.78, 5) is 49.8. The van der Waals surface area contributed by atoms with E-state index < -0.39 is 84.7 Å². The lowest BCUT2D eigenvalue weighted by atomic mass is 9.95. The summed E-state index contributed by atoms with van der Waals surface area (Å²) in [7, 11) is 0. The van der Waals surface area contributed by atoms with Crippen LogP contribution in [0.1, 0.15) is 54.4 Å². The summed E-state index contributed by atoms with van der Waals surface area (Å²) in [5.41, 5.74) is -1.50. The number of rotatable bonds is 13. The summed E-state index contributed by atoms with van der Waals surface area (Å²) in [6.45, 7) is 8.98. The number of ether oxygens (including phenoxy) is 3.